The Kier molecular flexibility index (Phi) is 4.99. The fourth-order valence-electron chi connectivity index (χ4n) is 1.75. The molecule has 0 aromatic carbocycles. The van der Waals surface area contributed by atoms with Crippen LogP contribution in [0.2, 0.25) is 0 Å². The topological polar surface area (TPSA) is 41.3 Å². The molecule has 2 aromatic rings. The van der Waals surface area contributed by atoms with Crippen molar-refractivity contribution in [2.24, 2.45) is 5.92 Å². The highest BCUT2D eigenvalue weighted by atomic mass is 32.1. The summed E-state index contributed by atoms with van der Waals surface area (Å²) in [5.41, 5.74) is 1.10. The molecule has 19 heavy (non-hydrogen) atoms. The van der Waals surface area contributed by atoms with Crippen LogP contribution in [0.4, 0.5) is 5.13 Å². The van der Waals surface area contributed by atoms with Crippen molar-refractivity contribution in [1.29, 1.82) is 0 Å². The SMILES string of the molecule is CC(C)CNCc1csc(N(C)Cc2ccco2)n1. The summed E-state index contributed by atoms with van der Waals surface area (Å²) >= 11 is 1.67. The van der Waals surface area contributed by atoms with Gasteiger partial charge in [0.15, 0.2) is 5.13 Å². The maximum absolute atomic E-state index is 5.35. The molecule has 0 bridgehead atoms. The molecular weight excluding hydrogens is 258 g/mol. The van der Waals surface area contributed by atoms with E-state index in [1.54, 1.807) is 17.6 Å². The highest BCUT2D eigenvalue weighted by molar-refractivity contribution is 7.13. The van der Waals surface area contributed by atoms with E-state index >= 15 is 0 Å². The summed E-state index contributed by atoms with van der Waals surface area (Å²) in [5.74, 6) is 1.62. The minimum Gasteiger partial charge on any atom is -0.467 e. The van der Waals surface area contributed by atoms with Crippen LogP contribution in [0.3, 0.4) is 0 Å². The maximum atomic E-state index is 5.35. The first-order valence-corrected chi connectivity index (χ1v) is 7.41. The molecule has 0 aliphatic heterocycles. The lowest BCUT2D eigenvalue weighted by molar-refractivity contribution is 0.507. The first-order valence-electron chi connectivity index (χ1n) is 6.54. The van der Waals surface area contributed by atoms with Crippen LogP contribution in [0.25, 0.3) is 0 Å². The predicted octanol–water partition coefficient (Wildman–Crippen LogP) is 3.12. The van der Waals surface area contributed by atoms with E-state index in [0.717, 1.165) is 36.2 Å². The van der Waals surface area contributed by atoms with E-state index in [0.29, 0.717) is 5.92 Å². The number of anilines is 1. The van der Waals surface area contributed by atoms with Gasteiger partial charge in [0, 0.05) is 19.0 Å². The summed E-state index contributed by atoms with van der Waals surface area (Å²) in [7, 11) is 2.03. The standard InChI is InChI=1S/C14H21N3OS/c1-11(2)7-15-8-12-10-19-14(16-12)17(3)9-13-5-4-6-18-13/h4-6,10-11,15H,7-9H2,1-3H3. The van der Waals surface area contributed by atoms with Gasteiger partial charge in [-0.2, -0.15) is 0 Å². The maximum Gasteiger partial charge on any atom is 0.185 e. The lowest BCUT2D eigenvalue weighted by atomic mass is 10.2. The number of thiazole rings is 1. The van der Waals surface area contributed by atoms with Crippen LogP contribution in [0.15, 0.2) is 28.2 Å². The van der Waals surface area contributed by atoms with E-state index in [2.05, 4.69) is 34.4 Å². The molecule has 0 aliphatic rings. The number of furan rings is 1. The van der Waals surface area contributed by atoms with Gasteiger partial charge in [-0.15, -0.1) is 11.3 Å². The molecule has 0 fully saturated rings. The van der Waals surface area contributed by atoms with Gasteiger partial charge < -0.3 is 14.6 Å². The van der Waals surface area contributed by atoms with Gasteiger partial charge in [0.05, 0.1) is 18.5 Å². The Bertz CT molecular complexity index is 479. The fourth-order valence-corrected chi connectivity index (χ4v) is 2.54. The Hall–Kier alpha value is -1.33. The number of hydrogen-bond donors (Lipinski definition) is 1. The molecular formula is C14H21N3OS. The summed E-state index contributed by atoms with van der Waals surface area (Å²) in [6.45, 7) is 7.02. The second kappa shape index (κ2) is 6.73. The number of hydrogen-bond acceptors (Lipinski definition) is 5. The van der Waals surface area contributed by atoms with Crippen molar-refractivity contribution >= 4 is 16.5 Å². The molecule has 0 saturated heterocycles. The molecule has 2 heterocycles. The van der Waals surface area contributed by atoms with Gasteiger partial charge in [0.1, 0.15) is 5.76 Å². The Morgan fingerprint density at radius 2 is 2.32 bits per heavy atom. The second-order valence-electron chi connectivity index (χ2n) is 5.08. The average Bonchev–Trinajstić information content (AvgIpc) is 2.99. The van der Waals surface area contributed by atoms with Gasteiger partial charge in [0.25, 0.3) is 0 Å². The van der Waals surface area contributed by atoms with Crippen molar-refractivity contribution in [3.05, 3.63) is 35.2 Å². The molecule has 4 nitrogen and oxygen atoms in total. The molecule has 0 unspecified atom stereocenters. The fraction of sp³-hybridized carbons (Fsp3) is 0.500. The number of nitrogens with zero attached hydrogens (tertiary/aromatic N) is 2. The minimum absolute atomic E-state index is 0.666. The first-order chi connectivity index (χ1) is 9.15. The van der Waals surface area contributed by atoms with Crippen LogP contribution in [-0.4, -0.2) is 18.6 Å². The van der Waals surface area contributed by atoms with E-state index < -0.39 is 0 Å². The first kappa shape index (κ1) is 14.1. The van der Waals surface area contributed by atoms with Crippen LogP contribution in [-0.2, 0) is 13.1 Å². The predicted molar refractivity (Wildman–Crippen MR) is 79.5 cm³/mol. The van der Waals surface area contributed by atoms with Crippen molar-refractivity contribution < 1.29 is 4.42 Å². The van der Waals surface area contributed by atoms with Gasteiger partial charge in [-0.05, 0) is 24.6 Å². The molecule has 0 spiro atoms. The third-order valence-electron chi connectivity index (χ3n) is 2.70. The number of aromatic nitrogens is 1. The molecule has 104 valence electrons. The number of rotatable bonds is 7. The van der Waals surface area contributed by atoms with Gasteiger partial charge in [-0.25, -0.2) is 4.98 Å². The van der Waals surface area contributed by atoms with E-state index in [1.165, 1.54) is 0 Å². The van der Waals surface area contributed by atoms with Crippen LogP contribution in [0, 0.1) is 5.92 Å². The summed E-state index contributed by atoms with van der Waals surface area (Å²) in [4.78, 5) is 6.73. The molecule has 5 heteroatoms. The third-order valence-corrected chi connectivity index (χ3v) is 3.70. The minimum atomic E-state index is 0.666. The molecule has 1 N–H and O–H groups in total. The Labute approximate surface area is 118 Å². The highest BCUT2D eigenvalue weighted by Gasteiger charge is 2.09. The Morgan fingerprint density at radius 3 is 3.00 bits per heavy atom. The molecule has 0 amide bonds. The second-order valence-corrected chi connectivity index (χ2v) is 5.92. The summed E-state index contributed by atoms with van der Waals surface area (Å²) < 4.78 is 5.35. The average molecular weight is 279 g/mol. The quantitative estimate of drug-likeness (QED) is 0.845. The van der Waals surface area contributed by atoms with Gasteiger partial charge in [-0.1, -0.05) is 13.8 Å². The monoisotopic (exact) mass is 279 g/mol. The van der Waals surface area contributed by atoms with Gasteiger partial charge in [-0.3, -0.25) is 0 Å². The molecule has 2 aromatic heterocycles. The van der Waals surface area contributed by atoms with Crippen molar-refractivity contribution in [1.82, 2.24) is 10.3 Å². The van der Waals surface area contributed by atoms with Crippen molar-refractivity contribution in [2.45, 2.75) is 26.9 Å². The highest BCUT2D eigenvalue weighted by Crippen LogP contribution is 2.21. The molecule has 2 rings (SSSR count). The van der Waals surface area contributed by atoms with E-state index in [9.17, 15) is 0 Å². The lowest BCUT2D eigenvalue weighted by Crippen LogP contribution is -2.19. The summed E-state index contributed by atoms with van der Waals surface area (Å²) in [5, 5.41) is 6.54. The van der Waals surface area contributed by atoms with Crippen molar-refractivity contribution in [3.8, 4) is 0 Å². The zero-order chi connectivity index (χ0) is 13.7. The zero-order valence-corrected chi connectivity index (χ0v) is 12.5. The van der Waals surface area contributed by atoms with Gasteiger partial charge >= 0.3 is 0 Å². The van der Waals surface area contributed by atoms with Crippen LogP contribution in [0.5, 0.6) is 0 Å². The normalized spacial score (nSPS) is 11.2. The Balaban J connectivity index is 1.85. The van der Waals surface area contributed by atoms with Crippen molar-refractivity contribution in [3.63, 3.8) is 0 Å². The van der Waals surface area contributed by atoms with Crippen LogP contribution in [0.1, 0.15) is 25.3 Å². The van der Waals surface area contributed by atoms with Gasteiger partial charge in [0.2, 0.25) is 0 Å². The van der Waals surface area contributed by atoms with Crippen LogP contribution >= 0.6 is 11.3 Å². The van der Waals surface area contributed by atoms with E-state index in [4.69, 9.17) is 4.42 Å². The van der Waals surface area contributed by atoms with E-state index in [1.807, 2.05) is 19.2 Å². The lowest BCUT2D eigenvalue weighted by Gasteiger charge is -2.13. The summed E-state index contributed by atoms with van der Waals surface area (Å²) in [6, 6.07) is 3.89. The molecule has 0 aliphatic carbocycles. The summed E-state index contributed by atoms with van der Waals surface area (Å²) in [6.07, 6.45) is 1.70. The Morgan fingerprint density at radius 1 is 1.47 bits per heavy atom. The molecule has 0 atom stereocenters. The molecule has 0 radical (unpaired) electrons. The largest absolute Gasteiger partial charge is 0.467 e. The molecule has 0 saturated carbocycles. The van der Waals surface area contributed by atoms with Crippen LogP contribution < -0.4 is 10.2 Å². The van der Waals surface area contributed by atoms with E-state index in [-0.39, 0.29) is 0 Å². The third kappa shape index (κ3) is 4.36. The number of nitrogens with one attached hydrogen (secondary N) is 1. The smallest absolute Gasteiger partial charge is 0.185 e. The van der Waals surface area contributed by atoms with Crippen molar-refractivity contribution in [2.75, 3.05) is 18.5 Å². The zero-order valence-electron chi connectivity index (χ0n) is 11.7.